The van der Waals surface area contributed by atoms with Crippen molar-refractivity contribution in [3.63, 3.8) is 0 Å². The number of rotatable bonds is 24. The molecule has 0 aromatic heterocycles. The summed E-state index contributed by atoms with van der Waals surface area (Å²) in [4.78, 5) is 24.6. The first-order chi connectivity index (χ1) is 29.1. The van der Waals surface area contributed by atoms with Gasteiger partial charge in [-0.2, -0.15) is 0 Å². The number of anilines is 2. The van der Waals surface area contributed by atoms with Crippen molar-refractivity contribution < 1.29 is 104 Å². The van der Waals surface area contributed by atoms with Crippen LogP contribution in [-0.4, -0.2) is 197 Å². The van der Waals surface area contributed by atoms with E-state index in [0.29, 0.717) is 23.0 Å². The molecule has 3 aliphatic heterocycles. The van der Waals surface area contributed by atoms with Crippen molar-refractivity contribution in [3.05, 3.63) is 24.3 Å². The van der Waals surface area contributed by atoms with Crippen LogP contribution < -0.4 is 20.5 Å². The smallest absolute Gasteiger partial charge is 0.224 e. The van der Waals surface area contributed by atoms with Gasteiger partial charge in [-0.05, 0) is 37.5 Å². The summed E-state index contributed by atoms with van der Waals surface area (Å²) in [7, 11) is -6.18. The highest BCUT2D eigenvalue weighted by molar-refractivity contribution is 8.77. The summed E-state index contributed by atoms with van der Waals surface area (Å²) in [5.41, 5.74) is 0.889. The molecule has 356 valence electrons. The van der Waals surface area contributed by atoms with Gasteiger partial charge in [-0.25, -0.2) is 21.6 Å². The summed E-state index contributed by atoms with van der Waals surface area (Å²) >= 11 is 0. The third-order valence-electron chi connectivity index (χ3n) is 9.81. The van der Waals surface area contributed by atoms with E-state index in [1.54, 1.807) is 24.3 Å². The molecular weight excluding hydrogens is 919 g/mol. The minimum Gasteiger partial charge on any atom is -0.735 e. The lowest BCUT2D eigenvalue weighted by molar-refractivity contribution is -0.369. The van der Waals surface area contributed by atoms with Crippen LogP contribution in [0.15, 0.2) is 24.3 Å². The maximum atomic E-state index is 12.5. The highest BCUT2D eigenvalue weighted by atomic mass is 33.1. The SMILES string of the molecule is CO[C@H]1[C@H](O)[C@@H](NS(=O)(=O)[O-])[C@@H](O[C@H]2[C@H](O)[C@@H](O)[C@H](OC[C@@H](O)[C@@H](O)[C@H](O)[C@@H](O)CNc3cccc(NC(=O)CCCCC4CCSS4)c3)O[C@@H]2C(=O)[O-])O[C@@H]1COS(=O)(=O)[O-]. The number of aliphatic hydroxyl groups excluding tert-OH is 7. The van der Waals surface area contributed by atoms with Crippen LogP contribution in [0.4, 0.5) is 11.4 Å². The number of carboxylic acids is 1. The predicted octanol–water partition coefficient (Wildman–Crippen LogP) is -5.21. The van der Waals surface area contributed by atoms with Gasteiger partial charge in [0, 0.05) is 42.5 Å². The lowest BCUT2D eigenvalue weighted by Gasteiger charge is -2.48. The lowest BCUT2D eigenvalue weighted by atomic mass is 9.95. The average molecular weight is 969 g/mol. The van der Waals surface area contributed by atoms with Crippen LogP contribution in [0.5, 0.6) is 0 Å². The number of hydrogen-bond donors (Lipinski definition) is 10. The van der Waals surface area contributed by atoms with Gasteiger partial charge in [0.25, 0.3) is 0 Å². The molecule has 62 heavy (non-hydrogen) atoms. The molecule has 0 radical (unpaired) electrons. The first kappa shape index (κ1) is 52.5. The molecular formula is C33H50N3O22S4-3. The van der Waals surface area contributed by atoms with Gasteiger partial charge in [-0.3, -0.25) is 8.98 Å². The summed E-state index contributed by atoms with van der Waals surface area (Å²) in [5.74, 6) is -1.19. The average Bonchev–Trinajstić information content (AvgIpc) is 3.73. The Bertz CT molecular complexity index is 1810. The fraction of sp³-hybridized carbons (Fsp3) is 0.758. The van der Waals surface area contributed by atoms with Crippen LogP contribution in [0.3, 0.4) is 0 Å². The van der Waals surface area contributed by atoms with Gasteiger partial charge in [0.15, 0.2) is 22.9 Å². The molecule has 3 saturated heterocycles. The number of aliphatic carboxylic acids is 1. The molecule has 1 aromatic rings. The van der Waals surface area contributed by atoms with Crippen molar-refractivity contribution in [3.8, 4) is 0 Å². The Morgan fingerprint density at radius 1 is 0.935 bits per heavy atom. The Labute approximate surface area is 364 Å². The van der Waals surface area contributed by atoms with Gasteiger partial charge in [0.2, 0.25) is 16.3 Å². The molecule has 0 aliphatic carbocycles. The van der Waals surface area contributed by atoms with E-state index in [-0.39, 0.29) is 12.5 Å². The number of ether oxygens (including phenoxy) is 5. The molecule has 1 amide bonds. The van der Waals surface area contributed by atoms with E-state index < -0.39 is 126 Å². The predicted molar refractivity (Wildman–Crippen MR) is 209 cm³/mol. The van der Waals surface area contributed by atoms with E-state index in [2.05, 4.69) is 14.8 Å². The van der Waals surface area contributed by atoms with E-state index in [0.717, 1.165) is 32.1 Å². The zero-order valence-electron chi connectivity index (χ0n) is 32.7. The summed E-state index contributed by atoms with van der Waals surface area (Å²) in [5, 5.41) is 93.1. The van der Waals surface area contributed by atoms with Gasteiger partial charge >= 0.3 is 0 Å². The highest BCUT2D eigenvalue weighted by Crippen LogP contribution is 2.40. The highest BCUT2D eigenvalue weighted by Gasteiger charge is 2.53. The van der Waals surface area contributed by atoms with E-state index in [9.17, 15) is 76.4 Å². The van der Waals surface area contributed by atoms with Crippen LogP contribution in [0.2, 0.25) is 0 Å². The van der Waals surface area contributed by atoms with Gasteiger partial charge in [0.1, 0.15) is 67.1 Å². The Balaban J connectivity index is 1.31. The second-order valence-corrected chi connectivity index (χ2v) is 19.4. The molecule has 0 spiro atoms. The van der Waals surface area contributed by atoms with E-state index in [1.807, 2.05) is 21.6 Å². The number of unbranched alkanes of at least 4 members (excludes halogenated alkanes) is 1. The van der Waals surface area contributed by atoms with Crippen LogP contribution in [0.25, 0.3) is 0 Å². The van der Waals surface area contributed by atoms with Crippen molar-refractivity contribution in [2.75, 3.05) is 43.3 Å². The molecule has 15 atom stereocenters. The zero-order valence-corrected chi connectivity index (χ0v) is 36.0. The van der Waals surface area contributed by atoms with Gasteiger partial charge in [-0.1, -0.05) is 34.1 Å². The molecule has 3 heterocycles. The van der Waals surface area contributed by atoms with E-state index in [4.69, 9.17) is 23.7 Å². The summed E-state index contributed by atoms with van der Waals surface area (Å²) < 4.78 is 99.6. The molecule has 0 bridgehead atoms. The quantitative estimate of drug-likeness (QED) is 0.0200. The van der Waals surface area contributed by atoms with Gasteiger partial charge in [0.05, 0.1) is 25.3 Å². The first-order valence-electron chi connectivity index (χ1n) is 18.9. The fourth-order valence-corrected chi connectivity index (χ4v) is 10.5. The van der Waals surface area contributed by atoms with E-state index in [1.165, 1.54) is 11.1 Å². The second-order valence-electron chi connectivity index (χ2n) is 14.4. The number of hydrogen-bond acceptors (Lipinski definition) is 25. The Hall–Kier alpha value is -2.08. The number of carbonyl (C=O) groups excluding carboxylic acids is 2. The van der Waals surface area contributed by atoms with E-state index >= 15 is 0 Å². The van der Waals surface area contributed by atoms with Gasteiger partial charge < -0.3 is 89.1 Å². The lowest BCUT2D eigenvalue weighted by Crippen LogP contribution is -2.69. The first-order valence-corrected chi connectivity index (χ1v) is 24.0. The Morgan fingerprint density at radius 2 is 1.63 bits per heavy atom. The summed E-state index contributed by atoms with van der Waals surface area (Å²) in [6.07, 6.45) is -23.3. The minimum absolute atomic E-state index is 0.173. The van der Waals surface area contributed by atoms with Crippen molar-refractivity contribution in [1.82, 2.24) is 4.72 Å². The topological polar surface area (TPSA) is 405 Å². The largest absolute Gasteiger partial charge is 0.735 e. The monoisotopic (exact) mass is 968 g/mol. The summed E-state index contributed by atoms with van der Waals surface area (Å²) in [6.45, 7) is -2.59. The normalized spacial score (nSPS) is 31.5. The molecule has 10 N–H and O–H groups in total. The Morgan fingerprint density at radius 3 is 2.26 bits per heavy atom. The molecule has 3 fully saturated rings. The number of carbonyl (C=O) groups is 2. The molecule has 25 nitrogen and oxygen atoms in total. The number of aliphatic hydroxyl groups is 7. The number of carboxylic acid groups (broad SMARTS) is 1. The number of amides is 1. The number of methoxy groups -OCH3 is 1. The zero-order chi connectivity index (χ0) is 45.9. The van der Waals surface area contributed by atoms with Crippen LogP contribution in [-0.2, 0) is 58.2 Å². The molecule has 1 unspecified atom stereocenters. The molecule has 0 saturated carbocycles. The molecule has 3 aliphatic rings. The van der Waals surface area contributed by atoms with Crippen molar-refractivity contribution in [2.45, 2.75) is 123 Å². The minimum atomic E-state index is -5.48. The number of benzene rings is 1. The second kappa shape index (κ2) is 23.9. The fourth-order valence-electron chi connectivity index (χ4n) is 6.62. The molecule has 29 heteroatoms. The number of nitrogens with one attached hydrogen (secondary N) is 3. The Kier molecular flexibility index (Phi) is 20.3. The third-order valence-corrected chi connectivity index (χ3v) is 13.8. The standard InChI is InChI=1S/C33H53N3O22S4/c1-53-28-20(14-55-62(50,51)52)56-32(22(25(28)42)36-61(47,48)49)57-29-26(43)27(44)33(58-30(29)31(45)46)54-13-19(38)24(41)23(40)18(37)12-34-15-5-4-6-16(11-15)35-21(39)8-3-2-7-17-9-10-59-60-17/h4-6,11,17-20,22-30,32-34,36-38,40-44H,2-3,7-10,12-14H2,1H3,(H,35,39)(H,45,46)(H,47,48,49)(H,50,51,52)/p-3/t17?,18-,19+,20+,22+,23+,24+,25+,26+,27+,28+,29-,30-,32+,33+/m0/s1. The third kappa shape index (κ3) is 15.8. The van der Waals surface area contributed by atoms with Crippen molar-refractivity contribution >= 4 is 65.5 Å². The van der Waals surface area contributed by atoms with Crippen LogP contribution in [0.1, 0.15) is 32.1 Å². The van der Waals surface area contributed by atoms with Crippen LogP contribution in [0, 0.1) is 0 Å². The maximum Gasteiger partial charge on any atom is 0.224 e. The van der Waals surface area contributed by atoms with Crippen LogP contribution >= 0.6 is 21.6 Å². The maximum absolute atomic E-state index is 12.5. The van der Waals surface area contributed by atoms with Crippen molar-refractivity contribution in [1.29, 1.82) is 0 Å². The summed E-state index contributed by atoms with van der Waals surface area (Å²) in [6, 6.07) is 4.29. The van der Waals surface area contributed by atoms with Gasteiger partial charge in [-0.15, -0.1) is 0 Å². The molecule has 4 rings (SSSR count). The van der Waals surface area contributed by atoms with Crippen molar-refractivity contribution in [2.24, 2.45) is 0 Å². The molecule has 1 aromatic carbocycles.